The minimum Gasteiger partial charge on any atom is -0.496 e. The maximum atomic E-state index is 10.9. The summed E-state index contributed by atoms with van der Waals surface area (Å²) < 4.78 is 22.1. The van der Waals surface area contributed by atoms with E-state index in [0.717, 1.165) is 72.0 Å². The van der Waals surface area contributed by atoms with Crippen LogP contribution in [0.5, 0.6) is 23.0 Å². The van der Waals surface area contributed by atoms with Crippen LogP contribution in [-0.4, -0.2) is 56.0 Å². The molecule has 57 heavy (non-hydrogen) atoms. The number of aryl methyl sites for hydroxylation is 2. The van der Waals surface area contributed by atoms with Crippen molar-refractivity contribution in [2.24, 2.45) is 5.73 Å². The molecule has 0 aliphatic carbocycles. The van der Waals surface area contributed by atoms with E-state index >= 15 is 0 Å². The van der Waals surface area contributed by atoms with Crippen molar-refractivity contribution in [3.05, 3.63) is 62.3 Å². The summed E-state index contributed by atoms with van der Waals surface area (Å²) in [6.45, 7) is 5.11. The molecule has 0 aliphatic heterocycles. The lowest BCUT2D eigenvalue weighted by Gasteiger charge is -2.16. The van der Waals surface area contributed by atoms with E-state index < -0.39 is 4.92 Å². The maximum Gasteiger partial charge on any atom is 0.243 e. The Morgan fingerprint density at radius 3 is 1.47 bits per heavy atom. The van der Waals surface area contributed by atoms with E-state index in [9.17, 15) is 14.9 Å². The summed E-state index contributed by atoms with van der Waals surface area (Å²) in [5, 5.41) is 11.1. The van der Waals surface area contributed by atoms with E-state index in [2.05, 4.69) is 24.8 Å². The third kappa shape index (κ3) is 23.9. The zero-order chi connectivity index (χ0) is 42.3. The van der Waals surface area contributed by atoms with E-state index in [4.69, 9.17) is 24.7 Å². The number of thiol groups is 1. The summed E-state index contributed by atoms with van der Waals surface area (Å²) in [4.78, 5) is 21.4. The fraction of sp³-hybridized carbons (Fsp3) is 0.674. The van der Waals surface area contributed by atoms with Crippen LogP contribution in [0.15, 0.2) is 30.0 Å². The Balaban J connectivity index is 0.000000579. The number of nitrogens with two attached hydrogens (primary N) is 1. The molecule has 0 saturated heterocycles. The van der Waals surface area contributed by atoms with Crippen LogP contribution in [0.3, 0.4) is 0 Å². The van der Waals surface area contributed by atoms with E-state index in [1.54, 1.807) is 35.4 Å². The number of carbonyl (C=O) groups excluding carboxylic acids is 1. The predicted octanol–water partition coefficient (Wildman–Crippen LogP) is 12.3. The average Bonchev–Trinajstić information content (AvgIpc) is 3.19. The lowest BCUT2D eigenvalue weighted by atomic mass is 9.99. The minimum absolute atomic E-state index is 0.0584. The fourth-order valence-electron chi connectivity index (χ4n) is 6.83. The summed E-state index contributed by atoms with van der Waals surface area (Å²) in [6.07, 6.45) is 27.0. The molecule has 1 unspecified atom stereocenters. The number of hydrogen-bond acceptors (Lipinski definition) is 10. The van der Waals surface area contributed by atoms with Gasteiger partial charge in [0.1, 0.15) is 23.0 Å². The molecule has 324 valence electrons. The first-order valence-electron chi connectivity index (χ1n) is 21.3. The fourth-order valence-corrected chi connectivity index (χ4v) is 7.69. The number of benzene rings is 2. The zero-order valence-corrected chi connectivity index (χ0v) is 38.2. The molecule has 2 rings (SSSR count). The molecule has 0 bridgehead atoms. The number of methoxy groups -OCH3 is 4. The molecule has 11 heteroatoms. The number of hydrogen-bond donors (Lipinski definition) is 2. The van der Waals surface area contributed by atoms with Gasteiger partial charge in [-0.15, -0.1) is 0 Å². The summed E-state index contributed by atoms with van der Waals surface area (Å²) in [7, 11) is 6.67. The van der Waals surface area contributed by atoms with Gasteiger partial charge in [-0.3, -0.25) is 14.9 Å². The Kier molecular flexibility index (Phi) is 30.2. The molecule has 9 nitrogen and oxygen atoms in total. The highest BCUT2D eigenvalue weighted by Crippen LogP contribution is 2.33. The summed E-state index contributed by atoms with van der Waals surface area (Å²) in [5.41, 5.74) is 10.1. The first kappa shape index (κ1) is 52.1. The molecule has 0 spiro atoms. The van der Waals surface area contributed by atoms with Crippen molar-refractivity contribution in [2.75, 3.05) is 39.9 Å². The van der Waals surface area contributed by atoms with Gasteiger partial charge in [-0.2, -0.15) is 12.6 Å². The van der Waals surface area contributed by atoms with Crippen LogP contribution in [-0.2, 0) is 24.1 Å². The predicted molar refractivity (Wildman–Crippen MR) is 245 cm³/mol. The molecular formula is C46H76N2O7S2. The number of nitrogens with zero attached hydrogens (tertiary/aromatic N) is 1. The van der Waals surface area contributed by atoms with Crippen molar-refractivity contribution in [1.82, 2.24) is 0 Å². The van der Waals surface area contributed by atoms with E-state index in [-0.39, 0.29) is 16.9 Å². The van der Waals surface area contributed by atoms with Gasteiger partial charge in [-0.05, 0) is 98.6 Å². The van der Waals surface area contributed by atoms with Gasteiger partial charge >= 0.3 is 0 Å². The lowest BCUT2D eigenvalue weighted by molar-refractivity contribution is -0.422. The molecule has 1 atom stereocenters. The molecule has 0 heterocycles. The second-order valence-electron chi connectivity index (χ2n) is 15.0. The standard InChI is InChI=1S/C24H37NO5S.C22H39NO2S/c1-19(25(27)28)16-22-18-23(29-3)21(17-24(22)30-4)14-12-10-8-6-5-7-9-11-13-15-31-20(2)26;1-18(23)15-20-17-21(24-2)19(16-22(20)25-3)13-11-9-7-5-4-6-8-10-12-14-26/h16-18H,5-15H2,1-4H3;16-18,26H,4-15,23H2,1-3H3/b19-16+;. The number of thioether (sulfide) groups is 1. The number of unbranched alkanes of at least 4 members (excludes halogenated alkanes) is 16. The van der Waals surface area contributed by atoms with Crippen LogP contribution in [0.2, 0.25) is 0 Å². The Labute approximate surface area is 355 Å². The van der Waals surface area contributed by atoms with Crippen molar-refractivity contribution >= 4 is 35.6 Å². The van der Waals surface area contributed by atoms with Crippen LogP contribution < -0.4 is 24.7 Å². The normalized spacial score (nSPS) is 11.8. The van der Waals surface area contributed by atoms with Crippen LogP contribution in [0.4, 0.5) is 0 Å². The summed E-state index contributed by atoms with van der Waals surface area (Å²) in [6, 6.07) is 8.09. The number of nitro groups is 1. The molecular weight excluding hydrogens is 757 g/mol. The first-order chi connectivity index (χ1) is 27.5. The van der Waals surface area contributed by atoms with Crippen molar-refractivity contribution in [3.8, 4) is 23.0 Å². The second-order valence-corrected chi connectivity index (χ2v) is 16.8. The first-order valence-corrected chi connectivity index (χ1v) is 22.9. The van der Waals surface area contributed by atoms with E-state index in [1.165, 1.54) is 133 Å². The second kappa shape index (κ2) is 33.0. The van der Waals surface area contributed by atoms with Gasteiger partial charge in [-0.25, -0.2) is 0 Å². The topological polar surface area (TPSA) is 123 Å². The quantitative estimate of drug-likeness (QED) is 0.0331. The largest absolute Gasteiger partial charge is 0.496 e. The molecule has 0 radical (unpaired) electrons. The van der Waals surface area contributed by atoms with Gasteiger partial charge in [0.15, 0.2) is 5.12 Å². The Hall–Kier alpha value is -2.89. The highest BCUT2D eigenvalue weighted by Gasteiger charge is 2.14. The molecule has 0 aromatic heterocycles. The number of carbonyl (C=O) groups is 1. The summed E-state index contributed by atoms with van der Waals surface area (Å²) in [5.74, 6) is 5.24. The molecule has 2 N–H and O–H groups in total. The van der Waals surface area contributed by atoms with Gasteiger partial charge in [-0.1, -0.05) is 102 Å². The highest BCUT2D eigenvalue weighted by atomic mass is 32.2. The third-order valence-corrected chi connectivity index (χ3v) is 11.2. The Morgan fingerprint density at radius 2 is 1.05 bits per heavy atom. The van der Waals surface area contributed by atoms with Crippen molar-refractivity contribution in [2.45, 2.75) is 162 Å². The van der Waals surface area contributed by atoms with Gasteiger partial charge < -0.3 is 24.7 Å². The van der Waals surface area contributed by atoms with Crippen LogP contribution in [0, 0.1) is 10.1 Å². The number of allylic oxidation sites excluding steroid dienone is 1. The SMILES string of the molecule is COc1cc(CC(C)N)c(OC)cc1CCCCCCCCCCCS.COc1cc(CCCCCCCCCCCSC(C)=O)c(OC)cc1/C=C(\C)[N+](=O)[O-]. The molecule has 0 saturated carbocycles. The van der Waals surface area contributed by atoms with Gasteiger partial charge in [0.2, 0.25) is 5.70 Å². The smallest absolute Gasteiger partial charge is 0.243 e. The number of rotatable bonds is 31. The molecule has 0 amide bonds. The highest BCUT2D eigenvalue weighted by molar-refractivity contribution is 8.13. The van der Waals surface area contributed by atoms with E-state index in [0.29, 0.717) is 11.3 Å². The van der Waals surface area contributed by atoms with Crippen molar-refractivity contribution < 1.29 is 28.7 Å². The van der Waals surface area contributed by atoms with Crippen LogP contribution >= 0.6 is 24.4 Å². The van der Waals surface area contributed by atoms with Gasteiger partial charge in [0.25, 0.3) is 0 Å². The molecule has 0 aliphatic rings. The van der Waals surface area contributed by atoms with Crippen LogP contribution in [0.25, 0.3) is 6.08 Å². The third-order valence-electron chi connectivity index (χ3n) is 10.0. The van der Waals surface area contributed by atoms with Crippen molar-refractivity contribution in [1.29, 1.82) is 0 Å². The Bertz CT molecular complexity index is 1430. The van der Waals surface area contributed by atoms with Gasteiger partial charge in [0, 0.05) is 37.3 Å². The molecule has 0 fully saturated rings. The average molecular weight is 833 g/mol. The number of ether oxygens (including phenoxy) is 4. The van der Waals surface area contributed by atoms with Gasteiger partial charge in [0.05, 0.1) is 33.4 Å². The zero-order valence-electron chi connectivity index (χ0n) is 36.5. The molecule has 2 aromatic carbocycles. The summed E-state index contributed by atoms with van der Waals surface area (Å²) >= 11 is 5.69. The maximum absolute atomic E-state index is 10.9. The Morgan fingerprint density at radius 1 is 0.667 bits per heavy atom. The lowest BCUT2D eigenvalue weighted by Crippen LogP contribution is -2.18. The monoisotopic (exact) mass is 833 g/mol. The molecule has 2 aromatic rings. The van der Waals surface area contributed by atoms with E-state index in [1.807, 2.05) is 19.1 Å². The van der Waals surface area contributed by atoms with Crippen molar-refractivity contribution in [3.63, 3.8) is 0 Å². The van der Waals surface area contributed by atoms with Crippen LogP contribution in [0.1, 0.15) is 159 Å². The minimum atomic E-state index is -0.409.